The van der Waals surface area contributed by atoms with E-state index in [4.69, 9.17) is 9.90 Å². The third kappa shape index (κ3) is 7.05. The highest BCUT2D eigenvalue weighted by atomic mass is 16.3. The lowest BCUT2D eigenvalue weighted by atomic mass is 9.99. The Balaban J connectivity index is 0.00000103. The third-order valence-corrected chi connectivity index (χ3v) is 6.31. The van der Waals surface area contributed by atoms with E-state index in [2.05, 4.69) is 64.7 Å². The Bertz CT molecular complexity index is 1100. The van der Waals surface area contributed by atoms with Gasteiger partial charge in [0.1, 0.15) is 5.82 Å². The number of aromatic nitrogens is 2. The first kappa shape index (κ1) is 25.2. The fourth-order valence-electron chi connectivity index (χ4n) is 4.23. The van der Waals surface area contributed by atoms with Crippen molar-refractivity contribution in [2.24, 2.45) is 13.0 Å². The van der Waals surface area contributed by atoms with Gasteiger partial charge in [-0.15, -0.1) is 0 Å². The SMILES string of the molecule is Cc1ccc2c(c1)nc(CNC(=O)Nc1cccc(CCN3CCC(C)CC3)c1)n2C.O=CO. The van der Waals surface area contributed by atoms with Crippen molar-refractivity contribution in [3.05, 3.63) is 59.4 Å². The lowest BCUT2D eigenvalue weighted by molar-refractivity contribution is -0.122. The minimum atomic E-state index is -0.250. The first-order valence-electron chi connectivity index (χ1n) is 11.8. The number of imidazole rings is 1. The molecule has 1 fully saturated rings. The summed E-state index contributed by atoms with van der Waals surface area (Å²) in [5, 5.41) is 12.8. The van der Waals surface area contributed by atoms with Crippen LogP contribution in [0.4, 0.5) is 10.5 Å². The highest BCUT2D eigenvalue weighted by Gasteiger charge is 2.15. The zero-order valence-corrected chi connectivity index (χ0v) is 20.3. The van der Waals surface area contributed by atoms with Gasteiger partial charge in [-0.25, -0.2) is 9.78 Å². The molecule has 8 heteroatoms. The van der Waals surface area contributed by atoms with Gasteiger partial charge in [0.2, 0.25) is 0 Å². The summed E-state index contributed by atoms with van der Waals surface area (Å²) in [5.74, 6) is 1.69. The van der Waals surface area contributed by atoms with E-state index in [0.29, 0.717) is 6.54 Å². The molecule has 1 aromatic heterocycles. The quantitative estimate of drug-likeness (QED) is 0.474. The number of carbonyl (C=O) groups is 2. The van der Waals surface area contributed by atoms with Crippen LogP contribution >= 0.6 is 0 Å². The fraction of sp³-hybridized carbons (Fsp3) is 0.423. The molecule has 3 aromatic rings. The molecule has 0 saturated carbocycles. The Kier molecular flexibility index (Phi) is 9.04. The molecule has 2 aromatic carbocycles. The molecule has 182 valence electrons. The number of nitrogens with one attached hydrogen (secondary N) is 2. The molecule has 34 heavy (non-hydrogen) atoms. The van der Waals surface area contributed by atoms with E-state index >= 15 is 0 Å². The van der Waals surface area contributed by atoms with E-state index in [0.717, 1.165) is 41.4 Å². The molecule has 0 radical (unpaired) electrons. The largest absolute Gasteiger partial charge is 0.483 e. The van der Waals surface area contributed by atoms with Gasteiger partial charge in [0.15, 0.2) is 0 Å². The number of anilines is 1. The monoisotopic (exact) mass is 465 g/mol. The molecule has 2 amide bonds. The molecule has 0 aliphatic carbocycles. The van der Waals surface area contributed by atoms with Gasteiger partial charge in [-0.3, -0.25) is 4.79 Å². The number of hydrogen-bond acceptors (Lipinski definition) is 4. The zero-order valence-electron chi connectivity index (χ0n) is 20.3. The number of rotatable bonds is 6. The van der Waals surface area contributed by atoms with Crippen LogP contribution in [0, 0.1) is 12.8 Å². The summed E-state index contributed by atoms with van der Waals surface area (Å²) in [6.45, 7) is 8.00. The van der Waals surface area contributed by atoms with Crippen molar-refractivity contribution < 1.29 is 14.7 Å². The highest BCUT2D eigenvalue weighted by Crippen LogP contribution is 2.18. The molecular weight excluding hydrogens is 430 g/mol. The van der Waals surface area contributed by atoms with Gasteiger partial charge in [0, 0.05) is 19.3 Å². The van der Waals surface area contributed by atoms with Crippen LogP contribution < -0.4 is 10.6 Å². The van der Waals surface area contributed by atoms with E-state index in [9.17, 15) is 4.79 Å². The van der Waals surface area contributed by atoms with Crippen molar-refractivity contribution >= 4 is 29.2 Å². The molecular formula is C26H35N5O3. The molecule has 0 atom stereocenters. The summed E-state index contributed by atoms with van der Waals surface area (Å²) in [7, 11) is 1.98. The molecule has 3 N–H and O–H groups in total. The van der Waals surface area contributed by atoms with Crippen LogP contribution in [0.25, 0.3) is 11.0 Å². The minimum Gasteiger partial charge on any atom is -0.483 e. The summed E-state index contributed by atoms with van der Waals surface area (Å²) < 4.78 is 2.02. The lowest BCUT2D eigenvalue weighted by Gasteiger charge is -2.30. The van der Waals surface area contributed by atoms with Gasteiger partial charge in [-0.2, -0.15) is 0 Å². The summed E-state index contributed by atoms with van der Waals surface area (Å²) in [6, 6.07) is 14.1. The van der Waals surface area contributed by atoms with Crippen LogP contribution in [0.15, 0.2) is 42.5 Å². The standard InChI is InChI=1S/C25H33N5O.CH2O2/c1-18-9-12-30(13-10-18)14-11-20-5-4-6-21(16-20)27-25(31)26-17-24-28-22-15-19(2)7-8-23(22)29(24)3;2-1-3/h4-8,15-16,18H,9-14,17H2,1-3H3,(H2,26,27,31);1H,(H,2,3). The van der Waals surface area contributed by atoms with Crippen molar-refractivity contribution in [3.63, 3.8) is 0 Å². The number of urea groups is 1. The average molecular weight is 466 g/mol. The number of nitrogens with zero attached hydrogens (tertiary/aromatic N) is 3. The van der Waals surface area contributed by atoms with Gasteiger partial charge in [-0.05, 0) is 80.6 Å². The molecule has 1 aliphatic heterocycles. The first-order chi connectivity index (χ1) is 16.4. The number of aryl methyl sites for hydroxylation is 2. The lowest BCUT2D eigenvalue weighted by Crippen LogP contribution is -2.34. The predicted molar refractivity (Wildman–Crippen MR) is 135 cm³/mol. The van der Waals surface area contributed by atoms with Crippen LogP contribution in [0.1, 0.15) is 36.7 Å². The van der Waals surface area contributed by atoms with Gasteiger partial charge in [0.25, 0.3) is 6.47 Å². The van der Waals surface area contributed by atoms with E-state index < -0.39 is 0 Å². The molecule has 0 unspecified atom stereocenters. The number of fused-ring (bicyclic) bond motifs is 1. The maximum atomic E-state index is 12.4. The molecule has 0 bridgehead atoms. The van der Waals surface area contributed by atoms with Crippen LogP contribution in [0.2, 0.25) is 0 Å². The summed E-state index contributed by atoms with van der Waals surface area (Å²) in [6.07, 6.45) is 3.60. The summed E-state index contributed by atoms with van der Waals surface area (Å²) >= 11 is 0. The molecule has 8 nitrogen and oxygen atoms in total. The fourth-order valence-corrected chi connectivity index (χ4v) is 4.23. The Morgan fingerprint density at radius 2 is 1.94 bits per heavy atom. The smallest absolute Gasteiger partial charge is 0.319 e. The molecule has 2 heterocycles. The number of benzene rings is 2. The van der Waals surface area contributed by atoms with Gasteiger partial charge in [-0.1, -0.05) is 25.1 Å². The summed E-state index contributed by atoms with van der Waals surface area (Å²) in [5.41, 5.74) is 5.27. The second-order valence-corrected chi connectivity index (χ2v) is 8.97. The number of amides is 2. The van der Waals surface area contributed by atoms with Gasteiger partial charge >= 0.3 is 6.03 Å². The zero-order chi connectivity index (χ0) is 24.5. The molecule has 1 saturated heterocycles. The molecule has 4 rings (SSSR count). The van der Waals surface area contributed by atoms with Crippen LogP contribution in [0.3, 0.4) is 0 Å². The number of piperidine rings is 1. The highest BCUT2D eigenvalue weighted by molar-refractivity contribution is 5.89. The van der Waals surface area contributed by atoms with Crippen LogP contribution in [0.5, 0.6) is 0 Å². The topological polar surface area (TPSA) is 99.5 Å². The second kappa shape index (κ2) is 12.2. The molecule has 1 aliphatic rings. The Morgan fingerprint density at radius 3 is 2.68 bits per heavy atom. The van der Waals surface area contributed by atoms with Crippen molar-refractivity contribution in [1.29, 1.82) is 0 Å². The van der Waals surface area contributed by atoms with Crippen molar-refractivity contribution in [2.75, 3.05) is 25.0 Å². The number of carboxylic acid groups (broad SMARTS) is 1. The molecule has 0 spiro atoms. The normalized spacial score (nSPS) is 14.3. The predicted octanol–water partition coefficient (Wildman–Crippen LogP) is 4.18. The Labute approximate surface area is 201 Å². The van der Waals surface area contributed by atoms with E-state index in [1.54, 1.807) is 0 Å². The maximum absolute atomic E-state index is 12.4. The second-order valence-electron chi connectivity index (χ2n) is 8.97. The van der Waals surface area contributed by atoms with E-state index in [1.165, 1.54) is 37.1 Å². The van der Waals surface area contributed by atoms with E-state index in [1.807, 2.05) is 23.7 Å². The van der Waals surface area contributed by atoms with Crippen LogP contribution in [-0.4, -0.2) is 51.7 Å². The van der Waals surface area contributed by atoms with Gasteiger partial charge < -0.3 is 25.2 Å². The number of likely N-dealkylation sites (tertiary alicyclic amines) is 1. The van der Waals surface area contributed by atoms with Crippen molar-refractivity contribution in [1.82, 2.24) is 19.8 Å². The van der Waals surface area contributed by atoms with Gasteiger partial charge in [0.05, 0.1) is 17.6 Å². The summed E-state index contributed by atoms with van der Waals surface area (Å²) in [4.78, 5) is 28.0. The van der Waals surface area contributed by atoms with Crippen molar-refractivity contribution in [2.45, 2.75) is 39.7 Å². The van der Waals surface area contributed by atoms with Crippen LogP contribution in [-0.2, 0) is 24.8 Å². The average Bonchev–Trinajstić information content (AvgIpc) is 3.12. The Morgan fingerprint density at radius 1 is 1.21 bits per heavy atom. The minimum absolute atomic E-state index is 0.217. The number of carbonyl (C=O) groups excluding carboxylic acids is 1. The Hall–Kier alpha value is -3.39. The van der Waals surface area contributed by atoms with Crippen molar-refractivity contribution in [3.8, 4) is 0 Å². The third-order valence-electron chi connectivity index (χ3n) is 6.31. The first-order valence-corrected chi connectivity index (χ1v) is 11.8. The van der Waals surface area contributed by atoms with E-state index in [-0.39, 0.29) is 12.5 Å². The maximum Gasteiger partial charge on any atom is 0.319 e. The number of hydrogen-bond donors (Lipinski definition) is 3.